The third kappa shape index (κ3) is 7.39. The molecule has 11 nitrogen and oxygen atoms in total. The fourth-order valence-corrected chi connectivity index (χ4v) is 4.61. The molecule has 2 rings (SSSR count). The topological polar surface area (TPSA) is 142 Å². The summed E-state index contributed by atoms with van der Waals surface area (Å²) >= 11 is 0. The standard InChI is InChI=1S/C19H28N3O8P/c1-13(18(25)27-4)22-31(26)29-12-19(2,3)16(30-31)17(24)21-10-7-15(23)28-11-14-5-8-20-9-6-14/h5-6,8-9,13,16H,7,10-12H2,1-4H3,(H,21,24)(H,22,26)/t13-,16-,31-/m0/s1. The number of hydrogen-bond donors (Lipinski definition) is 2. The van der Waals surface area contributed by atoms with E-state index in [1.165, 1.54) is 14.0 Å². The molecule has 3 atom stereocenters. The van der Waals surface area contributed by atoms with Crippen LogP contribution in [0.1, 0.15) is 32.8 Å². The third-order valence-electron chi connectivity index (χ3n) is 4.48. The zero-order valence-electron chi connectivity index (χ0n) is 18.0. The lowest BCUT2D eigenvalue weighted by Crippen LogP contribution is -2.51. The Morgan fingerprint density at radius 2 is 2.00 bits per heavy atom. The van der Waals surface area contributed by atoms with Gasteiger partial charge in [-0.15, -0.1) is 0 Å². The third-order valence-corrected chi connectivity index (χ3v) is 6.14. The zero-order valence-corrected chi connectivity index (χ0v) is 18.8. The zero-order chi connectivity index (χ0) is 23.1. The Labute approximate surface area is 180 Å². The number of carbonyl (C=O) groups excluding carboxylic acids is 3. The number of methoxy groups -OCH3 is 1. The molecule has 1 fully saturated rings. The molecule has 0 aromatic carbocycles. The van der Waals surface area contributed by atoms with Crippen molar-refractivity contribution in [2.24, 2.45) is 5.41 Å². The van der Waals surface area contributed by atoms with Crippen LogP contribution < -0.4 is 10.4 Å². The molecule has 2 heterocycles. The quantitative estimate of drug-likeness (QED) is 0.412. The monoisotopic (exact) mass is 457 g/mol. The van der Waals surface area contributed by atoms with Crippen molar-refractivity contribution in [2.75, 3.05) is 20.3 Å². The van der Waals surface area contributed by atoms with E-state index < -0.39 is 43.2 Å². The Kier molecular flexibility index (Phi) is 8.69. The summed E-state index contributed by atoms with van der Waals surface area (Å²) < 4.78 is 33.3. The molecule has 1 aliphatic heterocycles. The van der Waals surface area contributed by atoms with Crippen LogP contribution in [0.15, 0.2) is 24.5 Å². The fourth-order valence-electron chi connectivity index (χ4n) is 2.67. The van der Waals surface area contributed by atoms with E-state index in [4.69, 9.17) is 13.8 Å². The van der Waals surface area contributed by atoms with Gasteiger partial charge in [0, 0.05) is 24.4 Å². The lowest BCUT2D eigenvalue weighted by molar-refractivity contribution is -0.145. The number of aromatic nitrogens is 1. The number of ether oxygens (including phenoxy) is 2. The van der Waals surface area contributed by atoms with Crippen molar-refractivity contribution in [2.45, 2.75) is 45.9 Å². The number of carbonyl (C=O) groups is 3. The van der Waals surface area contributed by atoms with Gasteiger partial charge in [0.2, 0.25) is 5.91 Å². The average Bonchev–Trinajstić information content (AvgIpc) is 2.74. The van der Waals surface area contributed by atoms with Crippen molar-refractivity contribution in [3.05, 3.63) is 30.1 Å². The molecular weight excluding hydrogens is 429 g/mol. The first-order chi connectivity index (χ1) is 14.6. The van der Waals surface area contributed by atoms with Crippen molar-refractivity contribution in [1.82, 2.24) is 15.4 Å². The number of pyridine rings is 1. The smallest absolute Gasteiger partial charge is 0.407 e. The van der Waals surface area contributed by atoms with Crippen LogP contribution in [0.4, 0.5) is 0 Å². The van der Waals surface area contributed by atoms with Crippen LogP contribution in [0.2, 0.25) is 0 Å². The number of amides is 1. The minimum atomic E-state index is -3.93. The van der Waals surface area contributed by atoms with Gasteiger partial charge in [0.1, 0.15) is 12.6 Å². The predicted molar refractivity (Wildman–Crippen MR) is 108 cm³/mol. The molecule has 12 heteroatoms. The van der Waals surface area contributed by atoms with Gasteiger partial charge in [-0.25, -0.2) is 9.65 Å². The minimum Gasteiger partial charge on any atom is -0.468 e. The Balaban J connectivity index is 1.86. The van der Waals surface area contributed by atoms with Crippen LogP contribution in [0.5, 0.6) is 0 Å². The van der Waals surface area contributed by atoms with Gasteiger partial charge >= 0.3 is 19.7 Å². The first kappa shape index (κ1) is 24.9. The maximum atomic E-state index is 12.8. The van der Waals surface area contributed by atoms with E-state index in [-0.39, 0.29) is 26.2 Å². The highest BCUT2D eigenvalue weighted by Crippen LogP contribution is 2.53. The van der Waals surface area contributed by atoms with Gasteiger partial charge in [0.05, 0.1) is 20.1 Å². The van der Waals surface area contributed by atoms with E-state index in [1.807, 2.05) is 0 Å². The first-order valence-electron chi connectivity index (χ1n) is 9.67. The van der Waals surface area contributed by atoms with Gasteiger partial charge in [-0.2, -0.15) is 0 Å². The SMILES string of the molecule is COC(=O)[C@H](C)N[P@]1(=O)OCC(C)(C)[C@H](C(=O)NCCC(=O)OCc2ccncc2)O1. The second-order valence-corrected chi connectivity index (χ2v) is 9.40. The highest BCUT2D eigenvalue weighted by molar-refractivity contribution is 7.51. The van der Waals surface area contributed by atoms with Gasteiger partial charge in [0.25, 0.3) is 0 Å². The molecule has 0 bridgehead atoms. The Morgan fingerprint density at radius 3 is 2.65 bits per heavy atom. The van der Waals surface area contributed by atoms with Crippen molar-refractivity contribution in [3.63, 3.8) is 0 Å². The fraction of sp³-hybridized carbons (Fsp3) is 0.579. The molecule has 1 aromatic heterocycles. The first-order valence-corrected chi connectivity index (χ1v) is 11.2. The highest BCUT2D eigenvalue weighted by Gasteiger charge is 2.48. The van der Waals surface area contributed by atoms with Gasteiger partial charge in [-0.3, -0.25) is 28.4 Å². The maximum Gasteiger partial charge on any atom is 0.407 e. The summed E-state index contributed by atoms with van der Waals surface area (Å²) in [7, 11) is -2.74. The van der Waals surface area contributed by atoms with Crippen LogP contribution in [0.3, 0.4) is 0 Å². The van der Waals surface area contributed by atoms with Crippen molar-refractivity contribution < 1.29 is 37.5 Å². The average molecular weight is 457 g/mol. The molecule has 2 N–H and O–H groups in total. The van der Waals surface area contributed by atoms with E-state index in [9.17, 15) is 18.9 Å². The highest BCUT2D eigenvalue weighted by atomic mass is 31.2. The summed E-state index contributed by atoms with van der Waals surface area (Å²) in [6, 6.07) is 2.50. The Morgan fingerprint density at radius 1 is 1.32 bits per heavy atom. The second kappa shape index (κ2) is 10.8. The van der Waals surface area contributed by atoms with Gasteiger partial charge < -0.3 is 14.8 Å². The lowest BCUT2D eigenvalue weighted by Gasteiger charge is -2.40. The largest absolute Gasteiger partial charge is 0.468 e. The molecule has 172 valence electrons. The van der Waals surface area contributed by atoms with E-state index in [0.717, 1.165) is 5.56 Å². The molecule has 0 spiro atoms. The molecule has 0 aliphatic carbocycles. The molecule has 0 saturated carbocycles. The van der Waals surface area contributed by atoms with Crippen LogP contribution >= 0.6 is 7.75 Å². The number of hydrogen-bond acceptors (Lipinski definition) is 9. The molecule has 31 heavy (non-hydrogen) atoms. The Hall–Kier alpha value is -2.33. The maximum absolute atomic E-state index is 12.8. The summed E-state index contributed by atoms with van der Waals surface area (Å²) in [5.41, 5.74) is 0.00456. The second-order valence-electron chi connectivity index (χ2n) is 7.68. The summed E-state index contributed by atoms with van der Waals surface area (Å²) in [6.45, 7) is 4.95. The molecule has 1 aliphatic rings. The predicted octanol–water partition coefficient (Wildman–Crippen LogP) is 1.33. The van der Waals surface area contributed by atoms with Crippen molar-refractivity contribution >= 4 is 25.6 Å². The number of nitrogens with zero attached hydrogens (tertiary/aromatic N) is 1. The van der Waals surface area contributed by atoms with Crippen molar-refractivity contribution in [3.8, 4) is 0 Å². The molecule has 1 saturated heterocycles. The van der Waals surface area contributed by atoms with E-state index in [2.05, 4.69) is 20.1 Å². The lowest BCUT2D eigenvalue weighted by atomic mass is 9.87. The van der Waals surface area contributed by atoms with Crippen molar-refractivity contribution in [1.29, 1.82) is 0 Å². The van der Waals surface area contributed by atoms with Crippen LogP contribution in [0, 0.1) is 5.41 Å². The number of nitrogens with one attached hydrogen (secondary N) is 2. The summed E-state index contributed by atoms with van der Waals surface area (Å²) in [6.07, 6.45) is 2.02. The minimum absolute atomic E-state index is 0.0150. The summed E-state index contributed by atoms with van der Waals surface area (Å²) in [4.78, 5) is 40.0. The summed E-state index contributed by atoms with van der Waals surface area (Å²) in [5, 5.41) is 5.04. The van der Waals surface area contributed by atoms with Crippen LogP contribution in [-0.4, -0.2) is 55.2 Å². The van der Waals surface area contributed by atoms with E-state index >= 15 is 0 Å². The molecule has 1 aromatic rings. The number of rotatable bonds is 9. The van der Waals surface area contributed by atoms with E-state index in [1.54, 1.807) is 38.4 Å². The van der Waals surface area contributed by atoms with E-state index in [0.29, 0.717) is 0 Å². The van der Waals surface area contributed by atoms with Gasteiger partial charge in [0.15, 0.2) is 6.10 Å². The number of esters is 2. The molecule has 0 radical (unpaired) electrons. The Bertz CT molecular complexity index is 833. The molecule has 0 unspecified atom stereocenters. The van der Waals surface area contributed by atoms with Gasteiger partial charge in [-0.05, 0) is 24.6 Å². The summed E-state index contributed by atoms with van der Waals surface area (Å²) in [5.74, 6) is -1.69. The van der Waals surface area contributed by atoms with Crippen LogP contribution in [0.25, 0.3) is 0 Å². The normalized spacial score (nSPS) is 23.4. The molecular formula is C19H28N3O8P. The molecule has 1 amide bonds. The van der Waals surface area contributed by atoms with Gasteiger partial charge in [-0.1, -0.05) is 13.8 Å². The van der Waals surface area contributed by atoms with Crippen LogP contribution in [-0.2, 0) is 44.1 Å².